The van der Waals surface area contributed by atoms with E-state index in [1.807, 2.05) is 52.8 Å². The Labute approximate surface area is 306 Å². The van der Waals surface area contributed by atoms with Crippen molar-refractivity contribution >= 4 is 76.9 Å². The molecule has 10 nitrogen and oxygen atoms in total. The van der Waals surface area contributed by atoms with Crippen LogP contribution in [0.25, 0.3) is 41.5 Å². The minimum Gasteiger partial charge on any atom is -0.681 e. The molecule has 3 aliphatic rings. The summed E-state index contributed by atoms with van der Waals surface area (Å²) in [5.74, 6) is -4.13. The molecule has 2 N–H and O–H groups in total. The van der Waals surface area contributed by atoms with E-state index in [1.165, 1.54) is 0 Å². The number of ether oxygens (including phenoxy) is 1. The van der Waals surface area contributed by atoms with Crippen LogP contribution in [0.5, 0.6) is 0 Å². The van der Waals surface area contributed by atoms with Gasteiger partial charge in [0.05, 0.1) is 6.26 Å². The summed E-state index contributed by atoms with van der Waals surface area (Å²) >= 11 is 0. The fourth-order valence-corrected chi connectivity index (χ4v) is 7.40. The zero-order chi connectivity index (χ0) is 35.3. The zero-order valence-electron chi connectivity index (χ0n) is 29.3. The summed E-state index contributed by atoms with van der Waals surface area (Å²) in [4.78, 5) is 54.3. The molecule has 11 heteroatoms. The van der Waals surface area contributed by atoms with Crippen molar-refractivity contribution < 1.29 is 29.3 Å². The van der Waals surface area contributed by atoms with Crippen LogP contribution in [-0.2, 0) is 20.7 Å². The van der Waals surface area contributed by atoms with Gasteiger partial charge in [0.2, 0.25) is 0 Å². The quantitative estimate of drug-likeness (QED) is 0.158. The fourth-order valence-electron chi connectivity index (χ4n) is 7.40. The summed E-state index contributed by atoms with van der Waals surface area (Å²) in [6.45, 7) is 15.7. The Bertz CT molecular complexity index is 2230. The van der Waals surface area contributed by atoms with E-state index in [1.54, 1.807) is 19.1 Å². The third-order valence-electron chi connectivity index (χ3n) is 10.1. The average molecular weight is 685 g/mol. The van der Waals surface area contributed by atoms with Crippen molar-refractivity contribution in [3.63, 3.8) is 0 Å². The number of nitrogens with zero attached hydrogens (tertiary/aromatic N) is 4. The van der Waals surface area contributed by atoms with Crippen molar-refractivity contribution in [2.24, 2.45) is 17.8 Å². The number of allylic oxidation sites excluding steroid dienone is 2. The molecule has 3 aromatic heterocycles. The average Bonchev–Trinajstić information content (AvgIpc) is 3.80. The van der Waals surface area contributed by atoms with Gasteiger partial charge in [0.25, 0.3) is 0 Å². The normalized spacial score (nSPS) is 23.1. The van der Waals surface area contributed by atoms with Gasteiger partial charge in [-0.2, -0.15) is 5.70 Å². The van der Waals surface area contributed by atoms with Crippen molar-refractivity contribution in [3.05, 3.63) is 95.4 Å². The Kier molecular flexibility index (Phi) is 10.6. The number of hydrogen-bond donors (Lipinski definition) is 2. The molecule has 0 radical (unpaired) electrons. The molecule has 50 heavy (non-hydrogen) atoms. The van der Waals surface area contributed by atoms with E-state index in [0.29, 0.717) is 68.0 Å². The molecule has 1 aliphatic carbocycles. The van der Waals surface area contributed by atoms with Crippen LogP contribution < -0.4 is 36.2 Å². The largest absolute Gasteiger partial charge is 2.00 e. The summed E-state index contributed by atoms with van der Waals surface area (Å²) in [5, 5.41) is 27.8. The van der Waals surface area contributed by atoms with E-state index in [9.17, 15) is 24.6 Å². The molecule has 4 atom stereocenters. The molecule has 256 valence electrons. The van der Waals surface area contributed by atoms with Crippen LogP contribution >= 0.6 is 0 Å². The van der Waals surface area contributed by atoms with E-state index < -0.39 is 23.7 Å². The number of aliphatic hydroxyl groups excluding tert-OH is 1. The van der Waals surface area contributed by atoms with Gasteiger partial charge in [0, 0.05) is 12.0 Å². The molecule has 1 unspecified atom stereocenters. The number of carboxylic acid groups (broad SMARTS) is 1. The molecular weight excluding hydrogens is 645 g/mol. The van der Waals surface area contributed by atoms with Crippen LogP contribution in [0.15, 0.2) is 23.9 Å². The maximum atomic E-state index is 13.9. The Hall–Kier alpha value is -4.48. The summed E-state index contributed by atoms with van der Waals surface area (Å²) < 4.78 is 5.44. The minimum absolute atomic E-state index is 0. The second-order valence-corrected chi connectivity index (χ2v) is 13.2. The fraction of sp³-hybridized carbons (Fsp3) is 0.359. The third kappa shape index (κ3) is 6.21. The Morgan fingerprint density at radius 2 is 1.74 bits per heavy atom. The number of Topliss-reactive ketones (excluding diaryl/α,β-unsaturated/α-hetero) is 1. The minimum atomic E-state index is -1.45. The number of carbonyl (C=O) groups excluding carboxylic acids is 2. The van der Waals surface area contributed by atoms with Crippen molar-refractivity contribution in [2.45, 2.75) is 66.8 Å². The zero-order valence-corrected chi connectivity index (χ0v) is 30.7. The van der Waals surface area contributed by atoms with E-state index >= 15 is 0 Å². The second kappa shape index (κ2) is 14.4. The number of rotatable bonds is 8. The molecule has 5 heterocycles. The summed E-state index contributed by atoms with van der Waals surface area (Å²) in [7, 11) is 0. The summed E-state index contributed by atoms with van der Waals surface area (Å²) in [6.07, 6.45) is 11.2. The van der Waals surface area contributed by atoms with Gasteiger partial charge < -0.3 is 35.2 Å². The smallest absolute Gasteiger partial charge is 0.681 e. The molecule has 0 aromatic carbocycles. The molecule has 0 saturated carbocycles. The molecule has 8 bridgehead atoms. The molecule has 0 spiro atoms. The van der Waals surface area contributed by atoms with Crippen LogP contribution in [-0.4, -0.2) is 63.6 Å². The number of ketones is 1. The second-order valence-electron chi connectivity index (χ2n) is 13.2. The first kappa shape index (κ1) is 36.8. The molecule has 1 saturated heterocycles. The van der Waals surface area contributed by atoms with Gasteiger partial charge in [0.1, 0.15) is 12.5 Å². The monoisotopic (exact) mass is 684 g/mol. The molecule has 2 aliphatic heterocycles. The molecule has 0 amide bonds. The van der Waals surface area contributed by atoms with Crippen LogP contribution in [0.2, 0.25) is 0 Å². The number of esters is 1. The number of aliphatic hydroxyl groups is 1. The number of carboxylic acids is 1. The first-order valence-electron chi connectivity index (χ1n) is 16.6. The van der Waals surface area contributed by atoms with Gasteiger partial charge in [-0.1, -0.05) is 78.6 Å². The number of aromatic nitrogens is 3. The number of hydrogen-bond acceptors (Lipinski definition) is 5. The molecular formula is C39H40MgN4O6-2. The van der Waals surface area contributed by atoms with Crippen LogP contribution in [0, 0.1) is 31.6 Å². The van der Waals surface area contributed by atoms with E-state index in [2.05, 4.69) is 6.58 Å². The first-order chi connectivity index (χ1) is 23.4. The van der Waals surface area contributed by atoms with Gasteiger partial charge >= 0.3 is 35.0 Å². The number of fused-ring (bicyclic) bond motifs is 8. The molecule has 1 fully saturated rings. The van der Waals surface area contributed by atoms with E-state index in [0.717, 1.165) is 28.5 Å². The van der Waals surface area contributed by atoms with Crippen molar-refractivity contribution in [1.29, 1.82) is 0 Å². The SMILES string of the molecule is C=Cc1c2[n-]c(c1C)/C=C1\[N-]C(C3=c4[n-]/c(c(C)c4C(=O)[C@@H]3C(=O)O)=C\c3[n-]c(/c(=C\O)c3CC)=C\2)[C@@H](CCC(=O)OCC=C(C)C)[C@@H]1C.[Mg+2]. The van der Waals surface area contributed by atoms with Crippen molar-refractivity contribution in [3.8, 4) is 0 Å². The van der Waals surface area contributed by atoms with Crippen molar-refractivity contribution in [2.75, 3.05) is 6.61 Å². The number of aliphatic carboxylic acids is 1. The first-order valence-corrected chi connectivity index (χ1v) is 16.6. The Morgan fingerprint density at radius 1 is 1.02 bits per heavy atom. The van der Waals surface area contributed by atoms with Gasteiger partial charge in [-0.05, 0) is 69.2 Å². The van der Waals surface area contributed by atoms with Gasteiger partial charge in [0.15, 0.2) is 5.78 Å². The predicted molar refractivity (Wildman–Crippen MR) is 193 cm³/mol. The Balaban J connectivity index is 0.00000486. The number of carbonyl (C=O) groups is 3. The van der Waals surface area contributed by atoms with E-state index in [4.69, 9.17) is 25.0 Å². The van der Waals surface area contributed by atoms with Gasteiger partial charge in [-0.15, -0.1) is 33.1 Å². The molecule has 6 rings (SSSR count). The van der Waals surface area contributed by atoms with Crippen LogP contribution in [0.4, 0.5) is 0 Å². The Morgan fingerprint density at radius 3 is 2.38 bits per heavy atom. The third-order valence-corrected chi connectivity index (χ3v) is 10.1. The summed E-state index contributed by atoms with van der Waals surface area (Å²) in [6, 6.07) is -0.723. The van der Waals surface area contributed by atoms with Crippen LogP contribution in [0.1, 0.15) is 90.2 Å². The maximum Gasteiger partial charge on any atom is 2.00 e. The maximum absolute atomic E-state index is 13.9. The van der Waals surface area contributed by atoms with Crippen molar-refractivity contribution in [1.82, 2.24) is 15.0 Å². The van der Waals surface area contributed by atoms with E-state index in [-0.39, 0.29) is 59.4 Å². The summed E-state index contributed by atoms with van der Waals surface area (Å²) in [5.41, 5.74) is 7.26. The molecule has 3 aromatic rings. The predicted octanol–water partition coefficient (Wildman–Crippen LogP) is 2.65. The van der Waals surface area contributed by atoms with Gasteiger partial charge in [-0.25, -0.2) is 0 Å². The topological polar surface area (TPSA) is 157 Å². The standard InChI is InChI=1S/C39H40N4O6.Mg/c1-8-22-19(5)26-14-27-20(6)24(10-11-32(45)49-13-12-18(3)4)36(42-27)34-35(39(47)48)38(46)33-21(7)28(43-37(33)34)15-30-23(9-2)25(17-44)31(41-30)16-29(22)40-26;/h8,12,14-17,20,24,35-36H,1,9-11,13H2,2-7H3,(H,44,46)(H,47,48);/q-4;+2/b27-14-,31-16-;/t20-,24-,35+,36?;/m0./s1. The van der Waals surface area contributed by atoms with Gasteiger partial charge in [-0.3, -0.25) is 14.4 Å². The van der Waals surface area contributed by atoms with Crippen LogP contribution in [0.3, 0.4) is 0 Å².